The number of ether oxygens (including phenoxy) is 1. The second-order valence-electron chi connectivity index (χ2n) is 5.28. The fourth-order valence-electron chi connectivity index (χ4n) is 3.18. The van der Waals surface area contributed by atoms with E-state index in [0.717, 1.165) is 12.8 Å². The molecule has 6 heteroatoms. The number of hydrogen-bond donors (Lipinski definition) is 1. The first-order valence-corrected chi connectivity index (χ1v) is 7.73. The van der Waals surface area contributed by atoms with Crippen LogP contribution in [-0.4, -0.2) is 41.4 Å². The Kier molecular flexibility index (Phi) is 3.94. The van der Waals surface area contributed by atoms with Crippen LogP contribution in [0, 0.1) is 0 Å². The standard InChI is InChI=1S/C14H17BrN2O3/c15-9-7-10(14(18)19)13(16-8-9)17-5-6-20-12-4-2-1-3-11(12)17/h7-8,11-12H,1-6H2,(H,18,19). The summed E-state index contributed by atoms with van der Waals surface area (Å²) >= 11 is 3.29. The van der Waals surface area contributed by atoms with Crippen molar-refractivity contribution in [3.8, 4) is 0 Å². The molecule has 20 heavy (non-hydrogen) atoms. The lowest BCUT2D eigenvalue weighted by Gasteiger charge is -2.44. The number of carboxylic acid groups (broad SMARTS) is 1. The SMILES string of the molecule is O=C(O)c1cc(Br)cnc1N1CCOC2CCCCC21. The average Bonchev–Trinajstić information content (AvgIpc) is 2.46. The van der Waals surface area contributed by atoms with Gasteiger partial charge in [0.1, 0.15) is 11.4 Å². The van der Waals surface area contributed by atoms with Crippen LogP contribution in [0.25, 0.3) is 0 Å². The van der Waals surface area contributed by atoms with E-state index in [1.807, 2.05) is 0 Å². The van der Waals surface area contributed by atoms with E-state index in [1.54, 1.807) is 12.3 Å². The first-order chi connectivity index (χ1) is 9.66. The fourth-order valence-corrected chi connectivity index (χ4v) is 3.51. The molecule has 1 aromatic rings. The monoisotopic (exact) mass is 340 g/mol. The van der Waals surface area contributed by atoms with Crippen molar-refractivity contribution < 1.29 is 14.6 Å². The predicted octanol–water partition coefficient (Wildman–Crippen LogP) is 2.69. The van der Waals surface area contributed by atoms with Gasteiger partial charge in [-0.1, -0.05) is 12.8 Å². The Bertz CT molecular complexity index is 521. The molecule has 1 aliphatic carbocycles. The summed E-state index contributed by atoms with van der Waals surface area (Å²) in [5, 5.41) is 9.40. The molecular formula is C14H17BrN2O3. The molecule has 0 radical (unpaired) electrons. The summed E-state index contributed by atoms with van der Waals surface area (Å²) in [6.07, 6.45) is 6.33. The van der Waals surface area contributed by atoms with Crippen molar-refractivity contribution in [3.05, 3.63) is 22.3 Å². The minimum absolute atomic E-state index is 0.213. The van der Waals surface area contributed by atoms with Gasteiger partial charge in [0, 0.05) is 17.2 Å². The van der Waals surface area contributed by atoms with Gasteiger partial charge in [-0.05, 0) is 34.8 Å². The zero-order valence-electron chi connectivity index (χ0n) is 11.1. The van der Waals surface area contributed by atoms with Gasteiger partial charge < -0.3 is 14.7 Å². The van der Waals surface area contributed by atoms with Crippen LogP contribution in [0.4, 0.5) is 5.82 Å². The molecule has 1 N–H and O–H groups in total. The molecule has 0 spiro atoms. The molecule has 2 atom stereocenters. The van der Waals surface area contributed by atoms with Crippen LogP contribution in [0.15, 0.2) is 16.7 Å². The van der Waals surface area contributed by atoms with E-state index in [-0.39, 0.29) is 17.7 Å². The number of hydrogen-bond acceptors (Lipinski definition) is 4. The van der Waals surface area contributed by atoms with Gasteiger partial charge in [0.15, 0.2) is 0 Å². The number of rotatable bonds is 2. The van der Waals surface area contributed by atoms with Crippen molar-refractivity contribution in [1.82, 2.24) is 4.98 Å². The normalized spacial score (nSPS) is 26.1. The molecule has 1 saturated carbocycles. The van der Waals surface area contributed by atoms with E-state index in [2.05, 4.69) is 25.8 Å². The first kappa shape index (κ1) is 13.8. The van der Waals surface area contributed by atoms with Gasteiger partial charge in [-0.25, -0.2) is 9.78 Å². The average molecular weight is 341 g/mol. The molecule has 1 saturated heterocycles. The number of nitrogens with zero attached hydrogens (tertiary/aromatic N) is 2. The highest BCUT2D eigenvalue weighted by atomic mass is 79.9. The predicted molar refractivity (Wildman–Crippen MR) is 78.2 cm³/mol. The molecule has 2 unspecified atom stereocenters. The van der Waals surface area contributed by atoms with Crippen LogP contribution in [0.5, 0.6) is 0 Å². The van der Waals surface area contributed by atoms with Crippen molar-refractivity contribution >= 4 is 27.7 Å². The second kappa shape index (κ2) is 5.69. The van der Waals surface area contributed by atoms with Crippen LogP contribution in [0.3, 0.4) is 0 Å². The number of pyridine rings is 1. The van der Waals surface area contributed by atoms with E-state index in [9.17, 15) is 9.90 Å². The summed E-state index contributed by atoms with van der Waals surface area (Å²) in [4.78, 5) is 17.9. The van der Waals surface area contributed by atoms with Crippen molar-refractivity contribution in [3.63, 3.8) is 0 Å². The van der Waals surface area contributed by atoms with E-state index >= 15 is 0 Å². The van der Waals surface area contributed by atoms with Crippen LogP contribution in [0.1, 0.15) is 36.0 Å². The van der Waals surface area contributed by atoms with Gasteiger partial charge in [0.2, 0.25) is 0 Å². The number of carbonyl (C=O) groups is 1. The highest BCUT2D eigenvalue weighted by Gasteiger charge is 2.36. The Labute approximate surface area is 126 Å². The number of halogens is 1. The van der Waals surface area contributed by atoms with Crippen molar-refractivity contribution in [2.75, 3.05) is 18.1 Å². The Balaban J connectivity index is 1.96. The first-order valence-electron chi connectivity index (χ1n) is 6.94. The summed E-state index contributed by atoms with van der Waals surface area (Å²) in [5.41, 5.74) is 0.255. The zero-order chi connectivity index (χ0) is 14.1. The number of carboxylic acids is 1. The number of morpholine rings is 1. The lowest BCUT2D eigenvalue weighted by atomic mass is 9.90. The Morgan fingerprint density at radius 1 is 1.45 bits per heavy atom. The molecule has 2 heterocycles. The van der Waals surface area contributed by atoms with Crippen molar-refractivity contribution in [2.45, 2.75) is 37.8 Å². The van der Waals surface area contributed by atoms with Crippen LogP contribution in [-0.2, 0) is 4.74 Å². The Morgan fingerprint density at radius 3 is 3.05 bits per heavy atom. The lowest BCUT2D eigenvalue weighted by Crippen LogP contribution is -2.53. The number of aromatic carboxylic acids is 1. The van der Waals surface area contributed by atoms with Crippen molar-refractivity contribution in [1.29, 1.82) is 0 Å². The molecule has 5 nitrogen and oxygen atoms in total. The smallest absolute Gasteiger partial charge is 0.339 e. The maximum absolute atomic E-state index is 11.5. The minimum atomic E-state index is -0.937. The third-order valence-electron chi connectivity index (χ3n) is 4.07. The quantitative estimate of drug-likeness (QED) is 0.896. The van der Waals surface area contributed by atoms with E-state index in [1.165, 1.54) is 12.8 Å². The van der Waals surface area contributed by atoms with E-state index < -0.39 is 5.97 Å². The third-order valence-corrected chi connectivity index (χ3v) is 4.50. The highest BCUT2D eigenvalue weighted by Crippen LogP contribution is 2.33. The molecule has 2 aliphatic rings. The summed E-state index contributed by atoms with van der Waals surface area (Å²) in [6, 6.07) is 1.88. The van der Waals surface area contributed by atoms with Gasteiger partial charge in [-0.15, -0.1) is 0 Å². The molecule has 0 bridgehead atoms. The fraction of sp³-hybridized carbons (Fsp3) is 0.571. The zero-order valence-corrected chi connectivity index (χ0v) is 12.7. The molecule has 1 aromatic heterocycles. The topological polar surface area (TPSA) is 62.7 Å². The molecule has 2 fully saturated rings. The number of aromatic nitrogens is 1. The number of fused-ring (bicyclic) bond motifs is 1. The lowest BCUT2D eigenvalue weighted by molar-refractivity contribution is -0.00909. The van der Waals surface area contributed by atoms with Gasteiger partial charge in [0.05, 0.1) is 18.8 Å². The largest absolute Gasteiger partial charge is 0.478 e. The molecular weight excluding hydrogens is 324 g/mol. The van der Waals surface area contributed by atoms with Crippen molar-refractivity contribution in [2.24, 2.45) is 0 Å². The molecule has 3 rings (SSSR count). The Hall–Kier alpha value is -1.14. The number of anilines is 1. The van der Waals surface area contributed by atoms with Crippen LogP contribution >= 0.6 is 15.9 Å². The summed E-state index contributed by atoms with van der Waals surface area (Å²) in [6.45, 7) is 1.34. The Morgan fingerprint density at radius 2 is 2.25 bits per heavy atom. The maximum Gasteiger partial charge on any atom is 0.339 e. The van der Waals surface area contributed by atoms with Gasteiger partial charge >= 0.3 is 5.97 Å². The summed E-state index contributed by atoms with van der Waals surface area (Å²) in [7, 11) is 0. The van der Waals surface area contributed by atoms with Gasteiger partial charge in [0.25, 0.3) is 0 Å². The van der Waals surface area contributed by atoms with Gasteiger partial charge in [-0.2, -0.15) is 0 Å². The summed E-state index contributed by atoms with van der Waals surface area (Å²) in [5.74, 6) is -0.367. The molecule has 108 valence electrons. The summed E-state index contributed by atoms with van der Waals surface area (Å²) < 4.78 is 6.52. The molecule has 1 aliphatic heterocycles. The third kappa shape index (κ3) is 2.54. The van der Waals surface area contributed by atoms with Crippen LogP contribution < -0.4 is 4.90 Å². The van der Waals surface area contributed by atoms with Crippen LogP contribution in [0.2, 0.25) is 0 Å². The van der Waals surface area contributed by atoms with Gasteiger partial charge in [-0.3, -0.25) is 0 Å². The minimum Gasteiger partial charge on any atom is -0.478 e. The molecule has 0 amide bonds. The van der Waals surface area contributed by atoms with E-state index in [0.29, 0.717) is 23.4 Å². The highest BCUT2D eigenvalue weighted by molar-refractivity contribution is 9.10. The van der Waals surface area contributed by atoms with E-state index in [4.69, 9.17) is 4.74 Å². The second-order valence-corrected chi connectivity index (χ2v) is 6.20. The molecule has 0 aromatic carbocycles. The maximum atomic E-state index is 11.5.